The van der Waals surface area contributed by atoms with E-state index in [1.807, 2.05) is 0 Å². The van der Waals surface area contributed by atoms with Crippen LogP contribution in [0.3, 0.4) is 0 Å². The minimum Gasteiger partial charge on any atom is -0.320 e. The van der Waals surface area contributed by atoms with Gasteiger partial charge in [0, 0.05) is 11.6 Å². The molecular formula is C11H7BrN4OS. The number of hydrogen-bond acceptors (Lipinski definition) is 4. The molecule has 3 heterocycles. The van der Waals surface area contributed by atoms with Crippen LogP contribution in [-0.2, 0) is 0 Å². The van der Waals surface area contributed by atoms with E-state index in [0.717, 1.165) is 14.8 Å². The number of aromatic nitrogens is 3. The fourth-order valence-electron chi connectivity index (χ4n) is 1.52. The van der Waals surface area contributed by atoms with Crippen molar-refractivity contribution in [2.75, 3.05) is 5.32 Å². The van der Waals surface area contributed by atoms with E-state index < -0.39 is 0 Å². The van der Waals surface area contributed by atoms with Gasteiger partial charge in [0.2, 0.25) is 0 Å². The van der Waals surface area contributed by atoms with Crippen molar-refractivity contribution in [2.24, 2.45) is 0 Å². The van der Waals surface area contributed by atoms with Crippen molar-refractivity contribution in [3.05, 3.63) is 40.1 Å². The van der Waals surface area contributed by atoms with Crippen molar-refractivity contribution in [2.45, 2.75) is 0 Å². The van der Waals surface area contributed by atoms with Crippen molar-refractivity contribution in [1.82, 2.24) is 15.2 Å². The van der Waals surface area contributed by atoms with Gasteiger partial charge in [0.25, 0.3) is 5.91 Å². The van der Waals surface area contributed by atoms with E-state index >= 15 is 0 Å². The first-order valence-corrected chi connectivity index (χ1v) is 6.70. The Balaban J connectivity index is 1.88. The molecule has 0 bridgehead atoms. The first-order valence-electron chi connectivity index (χ1n) is 5.09. The molecule has 1 amide bonds. The second-order valence-electron chi connectivity index (χ2n) is 3.56. The average molecular weight is 323 g/mol. The Hall–Kier alpha value is -1.73. The fraction of sp³-hybridized carbons (Fsp3) is 0. The number of carbonyl (C=O) groups excluding carboxylic acids is 1. The van der Waals surface area contributed by atoms with Crippen LogP contribution < -0.4 is 5.32 Å². The number of nitrogens with one attached hydrogen (secondary N) is 2. The summed E-state index contributed by atoms with van der Waals surface area (Å²) in [5.41, 5.74) is 0.675. The summed E-state index contributed by atoms with van der Waals surface area (Å²) in [4.78, 5) is 17.4. The highest BCUT2D eigenvalue weighted by atomic mass is 79.9. The second-order valence-corrected chi connectivity index (χ2v) is 5.39. The van der Waals surface area contributed by atoms with E-state index in [-0.39, 0.29) is 5.91 Å². The van der Waals surface area contributed by atoms with E-state index in [0.29, 0.717) is 10.6 Å². The third-order valence-electron chi connectivity index (χ3n) is 2.35. The SMILES string of the molecule is O=C(Nc1cccnc1)c1cc2c(Br)[nH]nc2s1. The van der Waals surface area contributed by atoms with E-state index in [2.05, 4.69) is 36.4 Å². The molecule has 7 heteroatoms. The Bertz CT molecular complexity index is 706. The van der Waals surface area contributed by atoms with Crippen LogP contribution in [-0.4, -0.2) is 21.1 Å². The topological polar surface area (TPSA) is 70.7 Å². The van der Waals surface area contributed by atoms with Crippen molar-refractivity contribution in [1.29, 1.82) is 0 Å². The molecule has 2 N–H and O–H groups in total. The zero-order chi connectivity index (χ0) is 12.5. The van der Waals surface area contributed by atoms with Gasteiger partial charge in [0.1, 0.15) is 9.43 Å². The van der Waals surface area contributed by atoms with Crippen molar-refractivity contribution < 1.29 is 4.79 Å². The van der Waals surface area contributed by atoms with E-state index in [9.17, 15) is 4.79 Å². The Labute approximate surface area is 114 Å². The molecule has 0 saturated heterocycles. The lowest BCUT2D eigenvalue weighted by Gasteiger charge is -2.01. The van der Waals surface area contributed by atoms with Crippen LogP contribution in [0, 0.1) is 0 Å². The number of hydrogen-bond donors (Lipinski definition) is 2. The smallest absolute Gasteiger partial charge is 0.265 e. The highest BCUT2D eigenvalue weighted by Gasteiger charge is 2.14. The second kappa shape index (κ2) is 4.51. The van der Waals surface area contributed by atoms with Gasteiger partial charge in [-0.25, -0.2) is 0 Å². The average Bonchev–Trinajstić information content (AvgIpc) is 2.93. The molecule has 3 aromatic heterocycles. The summed E-state index contributed by atoms with van der Waals surface area (Å²) in [5.74, 6) is -0.155. The van der Waals surface area contributed by atoms with E-state index in [4.69, 9.17) is 0 Å². The molecule has 0 aliphatic carbocycles. The van der Waals surface area contributed by atoms with Gasteiger partial charge < -0.3 is 5.32 Å². The summed E-state index contributed by atoms with van der Waals surface area (Å²) < 4.78 is 0.786. The Kier molecular flexibility index (Phi) is 2.85. The molecular weight excluding hydrogens is 316 g/mol. The monoisotopic (exact) mass is 322 g/mol. The van der Waals surface area contributed by atoms with Crippen LogP contribution in [0.25, 0.3) is 10.2 Å². The molecule has 0 atom stereocenters. The van der Waals surface area contributed by atoms with E-state index in [1.54, 1.807) is 30.6 Å². The summed E-state index contributed by atoms with van der Waals surface area (Å²) in [6.07, 6.45) is 3.26. The molecule has 3 aromatic rings. The van der Waals surface area contributed by atoms with Gasteiger partial charge in [-0.2, -0.15) is 5.10 Å². The molecule has 0 unspecified atom stereocenters. The number of amides is 1. The van der Waals surface area contributed by atoms with Gasteiger partial charge in [0.15, 0.2) is 0 Å². The molecule has 90 valence electrons. The molecule has 0 aliphatic heterocycles. The van der Waals surface area contributed by atoms with Crippen LogP contribution in [0.15, 0.2) is 35.2 Å². The van der Waals surface area contributed by atoms with Gasteiger partial charge >= 0.3 is 0 Å². The van der Waals surface area contributed by atoms with Gasteiger partial charge in [-0.1, -0.05) is 0 Å². The molecule has 0 spiro atoms. The summed E-state index contributed by atoms with van der Waals surface area (Å²) in [5, 5.41) is 10.6. The Morgan fingerprint density at radius 1 is 1.50 bits per heavy atom. The number of carbonyl (C=O) groups is 1. The third-order valence-corrected chi connectivity index (χ3v) is 3.98. The minimum absolute atomic E-state index is 0.155. The van der Waals surface area contributed by atoms with Crippen molar-refractivity contribution >= 4 is 49.1 Å². The van der Waals surface area contributed by atoms with Crippen LogP contribution in [0.5, 0.6) is 0 Å². The first-order chi connectivity index (χ1) is 8.74. The Morgan fingerprint density at radius 3 is 3.11 bits per heavy atom. The van der Waals surface area contributed by atoms with Gasteiger partial charge in [-0.15, -0.1) is 11.3 Å². The van der Waals surface area contributed by atoms with Crippen molar-refractivity contribution in [3.8, 4) is 0 Å². The number of fused-ring (bicyclic) bond motifs is 1. The third kappa shape index (κ3) is 2.02. The molecule has 18 heavy (non-hydrogen) atoms. The predicted molar refractivity (Wildman–Crippen MR) is 73.9 cm³/mol. The summed E-state index contributed by atoms with van der Waals surface area (Å²) in [6.45, 7) is 0. The number of halogens is 1. The van der Waals surface area contributed by atoms with Gasteiger partial charge in [-0.05, 0) is 34.1 Å². The summed E-state index contributed by atoms with van der Waals surface area (Å²) in [6, 6.07) is 5.37. The normalized spacial score (nSPS) is 10.7. The van der Waals surface area contributed by atoms with Crippen LogP contribution in [0.4, 0.5) is 5.69 Å². The maximum atomic E-state index is 12.0. The summed E-state index contributed by atoms with van der Waals surface area (Å²) in [7, 11) is 0. The molecule has 0 saturated carbocycles. The van der Waals surface area contributed by atoms with Crippen LogP contribution in [0.1, 0.15) is 9.67 Å². The minimum atomic E-state index is -0.155. The van der Waals surface area contributed by atoms with Crippen LogP contribution in [0.2, 0.25) is 0 Å². The lowest BCUT2D eigenvalue weighted by atomic mass is 10.3. The standard InChI is InChI=1S/C11H7BrN4OS/c12-9-7-4-8(18-11(7)16-15-9)10(17)14-6-2-1-3-13-5-6/h1-5H,(H,14,17)(H,15,16). The maximum absolute atomic E-state index is 12.0. The van der Waals surface area contributed by atoms with Crippen LogP contribution >= 0.6 is 27.3 Å². The first kappa shape index (κ1) is 11.4. The zero-order valence-electron chi connectivity index (χ0n) is 8.98. The zero-order valence-corrected chi connectivity index (χ0v) is 11.4. The molecule has 0 fully saturated rings. The molecule has 5 nitrogen and oxygen atoms in total. The number of pyridine rings is 1. The number of H-pyrrole nitrogens is 1. The predicted octanol–water partition coefficient (Wildman–Crippen LogP) is 3.03. The van der Waals surface area contributed by atoms with Crippen molar-refractivity contribution in [3.63, 3.8) is 0 Å². The number of aromatic amines is 1. The molecule has 0 aliphatic rings. The summed E-state index contributed by atoms with van der Waals surface area (Å²) >= 11 is 4.68. The Morgan fingerprint density at radius 2 is 2.39 bits per heavy atom. The highest BCUT2D eigenvalue weighted by Crippen LogP contribution is 2.29. The number of nitrogens with zero attached hydrogens (tertiary/aromatic N) is 2. The highest BCUT2D eigenvalue weighted by molar-refractivity contribution is 9.10. The quantitative estimate of drug-likeness (QED) is 0.761. The largest absolute Gasteiger partial charge is 0.320 e. The number of rotatable bonds is 2. The van der Waals surface area contributed by atoms with E-state index in [1.165, 1.54) is 11.3 Å². The molecule has 0 radical (unpaired) electrons. The number of anilines is 1. The van der Waals surface area contributed by atoms with Gasteiger partial charge in [0.05, 0.1) is 16.8 Å². The number of thiophene rings is 1. The lowest BCUT2D eigenvalue weighted by molar-refractivity contribution is 0.103. The molecule has 3 rings (SSSR count). The van der Waals surface area contributed by atoms with Gasteiger partial charge in [-0.3, -0.25) is 14.9 Å². The maximum Gasteiger partial charge on any atom is 0.265 e. The lowest BCUT2D eigenvalue weighted by Crippen LogP contribution is -2.09. The molecule has 0 aromatic carbocycles. The fourth-order valence-corrected chi connectivity index (χ4v) is 2.94.